The molecular formula is C12H12FN3O2. The molecular weight excluding hydrogens is 237 g/mol. The lowest BCUT2D eigenvalue weighted by Gasteiger charge is -2.07. The molecule has 0 fully saturated rings. The van der Waals surface area contributed by atoms with Crippen LogP contribution in [0.2, 0.25) is 0 Å². The van der Waals surface area contributed by atoms with Crippen LogP contribution in [0.15, 0.2) is 30.5 Å². The summed E-state index contributed by atoms with van der Waals surface area (Å²) in [6.07, 6.45) is 1.30. The molecule has 1 aromatic heterocycles. The third kappa shape index (κ3) is 2.48. The molecule has 6 heteroatoms. The number of nitrogens with one attached hydrogen (secondary N) is 1. The van der Waals surface area contributed by atoms with Crippen LogP contribution in [0.4, 0.5) is 10.1 Å². The first-order valence-corrected chi connectivity index (χ1v) is 5.31. The maximum Gasteiger partial charge on any atom is 0.339 e. The highest BCUT2D eigenvalue weighted by atomic mass is 19.1. The number of hydrogen-bond acceptors (Lipinski definition) is 3. The smallest absolute Gasteiger partial charge is 0.339 e. The van der Waals surface area contributed by atoms with E-state index in [4.69, 9.17) is 5.11 Å². The Bertz CT molecular complexity index is 580. The van der Waals surface area contributed by atoms with Crippen LogP contribution in [0.25, 0.3) is 0 Å². The van der Waals surface area contributed by atoms with Gasteiger partial charge < -0.3 is 10.4 Å². The van der Waals surface area contributed by atoms with Crippen molar-refractivity contribution in [3.05, 3.63) is 47.5 Å². The Kier molecular flexibility index (Phi) is 3.27. The van der Waals surface area contributed by atoms with E-state index in [1.807, 2.05) is 0 Å². The first-order chi connectivity index (χ1) is 8.58. The lowest BCUT2D eigenvalue weighted by atomic mass is 10.2. The number of aromatic nitrogens is 2. The van der Waals surface area contributed by atoms with E-state index in [0.717, 1.165) is 0 Å². The fraction of sp³-hybridized carbons (Fsp3) is 0.167. The average molecular weight is 249 g/mol. The van der Waals surface area contributed by atoms with Crippen LogP contribution >= 0.6 is 0 Å². The number of benzene rings is 1. The lowest BCUT2D eigenvalue weighted by molar-refractivity contribution is 0.0695. The minimum atomic E-state index is -1.03. The van der Waals surface area contributed by atoms with E-state index >= 15 is 0 Å². The van der Waals surface area contributed by atoms with Crippen molar-refractivity contribution in [2.24, 2.45) is 7.05 Å². The highest BCUT2D eigenvalue weighted by Gasteiger charge is 2.14. The number of anilines is 1. The number of carboxylic acid groups (broad SMARTS) is 1. The fourth-order valence-electron chi connectivity index (χ4n) is 1.64. The number of carbonyl (C=O) groups is 1. The van der Waals surface area contributed by atoms with E-state index in [1.54, 1.807) is 19.2 Å². The van der Waals surface area contributed by atoms with Gasteiger partial charge in [0.25, 0.3) is 0 Å². The molecule has 2 N–H and O–H groups in total. The van der Waals surface area contributed by atoms with Crippen LogP contribution in [0.3, 0.4) is 0 Å². The Morgan fingerprint density at radius 2 is 2.33 bits per heavy atom. The van der Waals surface area contributed by atoms with E-state index in [9.17, 15) is 9.18 Å². The summed E-state index contributed by atoms with van der Waals surface area (Å²) in [5.41, 5.74) is 1.26. The van der Waals surface area contributed by atoms with Crippen LogP contribution in [-0.2, 0) is 13.6 Å². The van der Waals surface area contributed by atoms with Gasteiger partial charge >= 0.3 is 5.97 Å². The van der Waals surface area contributed by atoms with Crippen LogP contribution in [0.5, 0.6) is 0 Å². The maximum absolute atomic E-state index is 13.0. The van der Waals surface area contributed by atoms with Gasteiger partial charge in [0.2, 0.25) is 0 Å². The number of nitrogens with zero attached hydrogens (tertiary/aromatic N) is 2. The molecule has 18 heavy (non-hydrogen) atoms. The number of rotatable bonds is 4. The number of hydrogen-bond donors (Lipinski definition) is 2. The van der Waals surface area contributed by atoms with Gasteiger partial charge in [0.05, 0.1) is 18.4 Å². The van der Waals surface area contributed by atoms with Gasteiger partial charge in [0.1, 0.15) is 11.4 Å². The van der Waals surface area contributed by atoms with Crippen molar-refractivity contribution in [3.8, 4) is 0 Å². The van der Waals surface area contributed by atoms with Gasteiger partial charge in [-0.1, -0.05) is 6.07 Å². The van der Waals surface area contributed by atoms with E-state index in [2.05, 4.69) is 10.4 Å². The van der Waals surface area contributed by atoms with Gasteiger partial charge in [-0.3, -0.25) is 4.68 Å². The third-order valence-corrected chi connectivity index (χ3v) is 2.58. The predicted octanol–water partition coefficient (Wildman–Crippen LogP) is 1.87. The van der Waals surface area contributed by atoms with Crippen LogP contribution in [0.1, 0.15) is 16.1 Å². The summed E-state index contributed by atoms with van der Waals surface area (Å²) >= 11 is 0. The highest BCUT2D eigenvalue weighted by Crippen LogP contribution is 2.13. The van der Waals surface area contributed by atoms with Crippen molar-refractivity contribution in [1.82, 2.24) is 9.78 Å². The van der Waals surface area contributed by atoms with Crippen LogP contribution < -0.4 is 5.32 Å². The molecule has 0 bridgehead atoms. The zero-order valence-electron chi connectivity index (χ0n) is 9.72. The summed E-state index contributed by atoms with van der Waals surface area (Å²) < 4.78 is 14.4. The Morgan fingerprint density at radius 1 is 1.56 bits per heavy atom. The zero-order valence-corrected chi connectivity index (χ0v) is 9.72. The van der Waals surface area contributed by atoms with Gasteiger partial charge in [-0.05, 0) is 18.2 Å². The summed E-state index contributed by atoms with van der Waals surface area (Å²) in [4.78, 5) is 11.0. The molecule has 0 saturated heterocycles. The van der Waals surface area contributed by atoms with E-state index < -0.39 is 5.97 Å². The minimum Gasteiger partial charge on any atom is -0.478 e. The standard InChI is InChI=1S/C12H12FN3O2/c1-16-11(10(6-15-16)12(17)18)7-14-9-4-2-3-8(13)5-9/h2-6,14H,7H2,1H3,(H,17,18). The Labute approximate surface area is 103 Å². The molecule has 0 aliphatic heterocycles. The van der Waals surface area contributed by atoms with Crippen molar-refractivity contribution in [2.75, 3.05) is 5.32 Å². The van der Waals surface area contributed by atoms with Gasteiger partial charge in [0.15, 0.2) is 0 Å². The maximum atomic E-state index is 13.0. The van der Waals surface area contributed by atoms with Crippen molar-refractivity contribution in [2.45, 2.75) is 6.54 Å². The van der Waals surface area contributed by atoms with Gasteiger partial charge in [-0.2, -0.15) is 5.10 Å². The summed E-state index contributed by atoms with van der Waals surface area (Å²) in [7, 11) is 1.66. The number of halogens is 1. The molecule has 5 nitrogen and oxygen atoms in total. The molecule has 0 aliphatic rings. The number of aryl methyl sites for hydroxylation is 1. The average Bonchev–Trinajstić information content (AvgIpc) is 2.68. The molecule has 1 heterocycles. The second-order valence-electron chi connectivity index (χ2n) is 3.80. The molecule has 0 unspecified atom stereocenters. The largest absolute Gasteiger partial charge is 0.478 e. The minimum absolute atomic E-state index is 0.140. The Morgan fingerprint density at radius 3 is 3.00 bits per heavy atom. The quantitative estimate of drug-likeness (QED) is 0.868. The first kappa shape index (κ1) is 12.1. The van der Waals surface area contributed by atoms with Gasteiger partial charge in [0, 0.05) is 12.7 Å². The summed E-state index contributed by atoms with van der Waals surface area (Å²) in [5.74, 6) is -1.37. The summed E-state index contributed by atoms with van der Waals surface area (Å²) in [6, 6.07) is 5.98. The van der Waals surface area contributed by atoms with E-state index in [1.165, 1.54) is 23.0 Å². The molecule has 0 saturated carbocycles. The predicted molar refractivity (Wildman–Crippen MR) is 63.9 cm³/mol. The van der Waals surface area contributed by atoms with Crippen molar-refractivity contribution in [3.63, 3.8) is 0 Å². The molecule has 0 spiro atoms. The molecule has 2 aromatic rings. The fourth-order valence-corrected chi connectivity index (χ4v) is 1.64. The summed E-state index contributed by atoms with van der Waals surface area (Å²) in [6.45, 7) is 0.265. The summed E-state index contributed by atoms with van der Waals surface area (Å²) in [5, 5.41) is 15.8. The van der Waals surface area contributed by atoms with Gasteiger partial charge in [-0.25, -0.2) is 9.18 Å². The third-order valence-electron chi connectivity index (χ3n) is 2.58. The normalized spacial score (nSPS) is 10.3. The van der Waals surface area contributed by atoms with E-state index in [0.29, 0.717) is 11.4 Å². The van der Waals surface area contributed by atoms with E-state index in [-0.39, 0.29) is 17.9 Å². The topological polar surface area (TPSA) is 67.2 Å². The molecule has 0 atom stereocenters. The van der Waals surface area contributed by atoms with Crippen LogP contribution in [-0.4, -0.2) is 20.9 Å². The molecule has 0 radical (unpaired) electrons. The number of aromatic carboxylic acids is 1. The molecule has 0 amide bonds. The van der Waals surface area contributed by atoms with Crippen molar-refractivity contribution in [1.29, 1.82) is 0 Å². The second kappa shape index (κ2) is 4.87. The Balaban J connectivity index is 2.15. The monoisotopic (exact) mass is 249 g/mol. The zero-order chi connectivity index (χ0) is 13.1. The highest BCUT2D eigenvalue weighted by molar-refractivity contribution is 5.88. The molecule has 2 rings (SSSR count). The first-order valence-electron chi connectivity index (χ1n) is 5.31. The van der Waals surface area contributed by atoms with Crippen LogP contribution in [0, 0.1) is 5.82 Å². The number of carboxylic acids is 1. The van der Waals surface area contributed by atoms with Crippen molar-refractivity contribution >= 4 is 11.7 Å². The Hall–Kier alpha value is -2.37. The SMILES string of the molecule is Cn1ncc(C(=O)O)c1CNc1cccc(F)c1. The van der Waals surface area contributed by atoms with Gasteiger partial charge in [-0.15, -0.1) is 0 Å². The molecule has 0 aliphatic carbocycles. The van der Waals surface area contributed by atoms with Crippen molar-refractivity contribution < 1.29 is 14.3 Å². The molecule has 1 aromatic carbocycles. The lowest BCUT2D eigenvalue weighted by Crippen LogP contribution is -2.10. The molecule has 94 valence electrons. The second-order valence-corrected chi connectivity index (χ2v) is 3.80.